The van der Waals surface area contributed by atoms with Gasteiger partial charge in [0.2, 0.25) is 5.89 Å². The summed E-state index contributed by atoms with van der Waals surface area (Å²) in [6.07, 6.45) is 3.94. The Bertz CT molecular complexity index is 493. The molecule has 0 aliphatic carbocycles. The molecule has 0 amide bonds. The monoisotopic (exact) mass is 297 g/mol. The summed E-state index contributed by atoms with van der Waals surface area (Å²) in [6, 6.07) is 0. The summed E-state index contributed by atoms with van der Waals surface area (Å²) >= 11 is 3.38. The van der Waals surface area contributed by atoms with Gasteiger partial charge >= 0.3 is 0 Å². The predicted octanol–water partition coefficient (Wildman–Crippen LogP) is 1.77. The maximum absolute atomic E-state index is 5.80. The van der Waals surface area contributed by atoms with Gasteiger partial charge in [0.1, 0.15) is 0 Å². The van der Waals surface area contributed by atoms with Gasteiger partial charge in [-0.15, -0.1) is 0 Å². The summed E-state index contributed by atoms with van der Waals surface area (Å²) < 4.78 is 5.84. The Morgan fingerprint density at radius 3 is 2.94 bits per heavy atom. The van der Waals surface area contributed by atoms with E-state index in [1.165, 1.54) is 0 Å². The largest absolute Gasteiger partial charge is 0.396 e. The number of rotatable bonds is 4. The van der Waals surface area contributed by atoms with E-state index in [-0.39, 0.29) is 0 Å². The molecular weight excluding hydrogens is 286 g/mol. The number of anilines is 2. The number of hydrogen-bond acceptors (Lipinski definition) is 6. The van der Waals surface area contributed by atoms with E-state index in [1.54, 1.807) is 19.3 Å². The first kappa shape index (κ1) is 11.8. The summed E-state index contributed by atoms with van der Waals surface area (Å²) in [5.41, 5.74) is 7.23. The van der Waals surface area contributed by atoms with E-state index in [0.717, 1.165) is 10.2 Å². The van der Waals surface area contributed by atoms with Crippen molar-refractivity contribution >= 4 is 27.3 Å². The molecule has 0 spiro atoms. The van der Waals surface area contributed by atoms with Crippen LogP contribution in [-0.2, 0) is 6.42 Å². The number of hydrogen-bond donors (Lipinski definition) is 2. The molecule has 0 aromatic carbocycles. The van der Waals surface area contributed by atoms with Crippen LogP contribution in [0.5, 0.6) is 0 Å². The molecule has 0 aliphatic heterocycles. The number of pyridine rings is 1. The van der Waals surface area contributed by atoms with Gasteiger partial charge < -0.3 is 15.6 Å². The van der Waals surface area contributed by atoms with Crippen molar-refractivity contribution in [2.75, 3.05) is 17.6 Å². The van der Waals surface area contributed by atoms with E-state index >= 15 is 0 Å². The number of nitrogens with one attached hydrogen (secondary N) is 1. The van der Waals surface area contributed by atoms with Crippen LogP contribution in [0.4, 0.5) is 11.4 Å². The third-order valence-electron chi connectivity index (χ3n) is 2.14. The van der Waals surface area contributed by atoms with Crippen LogP contribution < -0.4 is 11.1 Å². The first-order valence-corrected chi connectivity index (χ1v) is 5.88. The lowest BCUT2D eigenvalue weighted by Crippen LogP contribution is -2.08. The molecule has 0 radical (unpaired) electrons. The maximum Gasteiger partial charge on any atom is 0.228 e. The van der Waals surface area contributed by atoms with Gasteiger partial charge in [-0.25, -0.2) is 0 Å². The number of nitrogen functional groups attached to an aromatic ring is 1. The van der Waals surface area contributed by atoms with Crippen molar-refractivity contribution in [1.29, 1.82) is 0 Å². The quantitative estimate of drug-likeness (QED) is 0.894. The van der Waals surface area contributed by atoms with Crippen LogP contribution in [0, 0.1) is 6.92 Å². The standard InChI is InChI=1S/C10H12BrN5O/c1-6-15-9(17-16-6)2-3-14-10-7(11)4-13-5-8(10)12/h4-5H,2-3,12H2,1H3,(H,13,14). The summed E-state index contributed by atoms with van der Waals surface area (Å²) in [5.74, 6) is 1.25. The fourth-order valence-electron chi connectivity index (χ4n) is 1.37. The average Bonchev–Trinajstić information content (AvgIpc) is 2.69. The van der Waals surface area contributed by atoms with Crippen LogP contribution >= 0.6 is 15.9 Å². The molecule has 6 nitrogen and oxygen atoms in total. The van der Waals surface area contributed by atoms with Crippen LogP contribution in [-0.4, -0.2) is 21.7 Å². The highest BCUT2D eigenvalue weighted by atomic mass is 79.9. The first-order valence-electron chi connectivity index (χ1n) is 5.09. The highest BCUT2D eigenvalue weighted by Crippen LogP contribution is 2.26. The second-order valence-electron chi connectivity index (χ2n) is 3.50. The molecule has 0 saturated carbocycles. The van der Waals surface area contributed by atoms with Crippen LogP contribution in [0.1, 0.15) is 11.7 Å². The third-order valence-corrected chi connectivity index (χ3v) is 2.74. The number of halogens is 1. The second kappa shape index (κ2) is 5.13. The summed E-state index contributed by atoms with van der Waals surface area (Å²) in [6.45, 7) is 2.45. The molecule has 3 N–H and O–H groups in total. The van der Waals surface area contributed by atoms with Gasteiger partial charge in [0.05, 0.1) is 22.0 Å². The third kappa shape index (κ3) is 2.94. The SMILES string of the molecule is Cc1noc(CCNc2c(N)cncc2Br)n1. The molecule has 0 aliphatic rings. The lowest BCUT2D eigenvalue weighted by Gasteiger charge is -2.09. The minimum absolute atomic E-state index is 0.598. The fraction of sp³-hybridized carbons (Fsp3) is 0.300. The lowest BCUT2D eigenvalue weighted by atomic mass is 10.3. The van der Waals surface area contributed by atoms with E-state index in [9.17, 15) is 0 Å². The van der Waals surface area contributed by atoms with Crippen LogP contribution in [0.3, 0.4) is 0 Å². The molecule has 2 heterocycles. The molecule has 2 rings (SSSR count). The molecule has 7 heteroatoms. The van der Waals surface area contributed by atoms with Crippen molar-refractivity contribution in [3.8, 4) is 0 Å². The Balaban J connectivity index is 1.94. The molecule has 0 atom stereocenters. The average molecular weight is 298 g/mol. The fourth-order valence-corrected chi connectivity index (χ4v) is 1.86. The van der Waals surface area contributed by atoms with Crippen molar-refractivity contribution in [3.63, 3.8) is 0 Å². The molecule has 2 aromatic heterocycles. The van der Waals surface area contributed by atoms with Crippen LogP contribution in [0.25, 0.3) is 0 Å². The smallest absolute Gasteiger partial charge is 0.228 e. The molecule has 0 unspecified atom stereocenters. The van der Waals surface area contributed by atoms with Crippen molar-refractivity contribution < 1.29 is 4.52 Å². The predicted molar refractivity (Wildman–Crippen MR) is 67.6 cm³/mol. The summed E-state index contributed by atoms with van der Waals surface area (Å²) in [7, 11) is 0. The zero-order valence-corrected chi connectivity index (χ0v) is 10.9. The second-order valence-corrected chi connectivity index (χ2v) is 4.35. The molecule has 0 saturated heterocycles. The van der Waals surface area contributed by atoms with E-state index < -0.39 is 0 Å². The number of nitrogens with zero attached hydrogens (tertiary/aromatic N) is 3. The first-order chi connectivity index (χ1) is 8.16. The number of aryl methyl sites for hydroxylation is 1. The zero-order chi connectivity index (χ0) is 12.3. The molecule has 0 fully saturated rings. The number of nitrogens with two attached hydrogens (primary N) is 1. The minimum atomic E-state index is 0.598. The van der Waals surface area contributed by atoms with E-state index in [0.29, 0.717) is 30.4 Å². The molecule has 0 bridgehead atoms. The van der Waals surface area contributed by atoms with Gasteiger partial charge in [0.25, 0.3) is 0 Å². The van der Waals surface area contributed by atoms with Crippen molar-refractivity contribution in [3.05, 3.63) is 28.6 Å². The summed E-state index contributed by atoms with van der Waals surface area (Å²) in [4.78, 5) is 8.07. The van der Waals surface area contributed by atoms with E-state index in [1.807, 2.05) is 0 Å². The lowest BCUT2D eigenvalue weighted by molar-refractivity contribution is 0.377. The molecule has 17 heavy (non-hydrogen) atoms. The highest BCUT2D eigenvalue weighted by molar-refractivity contribution is 9.10. The van der Waals surface area contributed by atoms with Crippen LogP contribution in [0.2, 0.25) is 0 Å². The van der Waals surface area contributed by atoms with Crippen molar-refractivity contribution in [1.82, 2.24) is 15.1 Å². The normalized spacial score (nSPS) is 10.5. The van der Waals surface area contributed by atoms with Crippen LogP contribution in [0.15, 0.2) is 21.4 Å². The van der Waals surface area contributed by atoms with Gasteiger partial charge in [-0.05, 0) is 22.9 Å². The topological polar surface area (TPSA) is 89.9 Å². The minimum Gasteiger partial charge on any atom is -0.396 e. The Kier molecular flexibility index (Phi) is 3.58. The van der Waals surface area contributed by atoms with Gasteiger partial charge in [0.15, 0.2) is 5.82 Å². The summed E-state index contributed by atoms with van der Waals surface area (Å²) in [5, 5.41) is 6.92. The van der Waals surface area contributed by atoms with Crippen molar-refractivity contribution in [2.24, 2.45) is 0 Å². The van der Waals surface area contributed by atoms with Crippen molar-refractivity contribution in [2.45, 2.75) is 13.3 Å². The molecule has 2 aromatic rings. The Morgan fingerprint density at radius 2 is 2.29 bits per heavy atom. The van der Waals surface area contributed by atoms with Gasteiger partial charge in [-0.2, -0.15) is 4.98 Å². The van der Waals surface area contributed by atoms with E-state index in [2.05, 4.69) is 36.4 Å². The van der Waals surface area contributed by atoms with Gasteiger partial charge in [-0.3, -0.25) is 4.98 Å². The molecular formula is C10H12BrN5O. The Hall–Kier alpha value is -1.63. The highest BCUT2D eigenvalue weighted by Gasteiger charge is 2.06. The van der Waals surface area contributed by atoms with E-state index in [4.69, 9.17) is 10.3 Å². The molecule has 90 valence electrons. The maximum atomic E-state index is 5.80. The Morgan fingerprint density at radius 1 is 1.47 bits per heavy atom. The van der Waals surface area contributed by atoms with Gasteiger partial charge in [0, 0.05) is 19.2 Å². The zero-order valence-electron chi connectivity index (χ0n) is 9.27. The van der Waals surface area contributed by atoms with Gasteiger partial charge in [-0.1, -0.05) is 5.16 Å². The Labute approximate surface area is 107 Å². The number of aromatic nitrogens is 3.